The Morgan fingerprint density at radius 1 is 0.848 bits per heavy atom. The second kappa shape index (κ2) is 9.95. The van der Waals surface area contributed by atoms with Crippen molar-refractivity contribution >= 4 is 28.9 Å². The smallest absolute Gasteiger partial charge is 0.273 e. The molecule has 0 aromatic heterocycles. The molecule has 0 saturated carbocycles. The highest BCUT2D eigenvalue weighted by atomic mass is 16.6. The van der Waals surface area contributed by atoms with Crippen LogP contribution in [0.4, 0.5) is 17.1 Å². The van der Waals surface area contributed by atoms with Gasteiger partial charge >= 0.3 is 0 Å². The number of nitrogens with one attached hydrogen (secondary N) is 1. The number of nitro groups is 1. The zero-order valence-electron chi connectivity index (χ0n) is 18.0. The maximum atomic E-state index is 13.2. The largest absolute Gasteiger partial charge is 0.368 e. The molecule has 1 fully saturated rings. The van der Waals surface area contributed by atoms with E-state index in [1.165, 1.54) is 6.07 Å². The molecule has 0 spiro atoms. The van der Waals surface area contributed by atoms with Crippen molar-refractivity contribution in [3.63, 3.8) is 0 Å². The van der Waals surface area contributed by atoms with E-state index in [4.69, 9.17) is 0 Å². The topological polar surface area (TPSA) is 95.8 Å². The van der Waals surface area contributed by atoms with Crippen LogP contribution in [-0.2, 0) is 11.2 Å². The van der Waals surface area contributed by atoms with Crippen LogP contribution in [0.15, 0.2) is 78.9 Å². The monoisotopic (exact) mass is 444 g/mol. The van der Waals surface area contributed by atoms with Gasteiger partial charge in [-0.1, -0.05) is 48.5 Å². The number of para-hydroxylation sites is 3. The number of benzene rings is 3. The van der Waals surface area contributed by atoms with Gasteiger partial charge < -0.3 is 15.1 Å². The molecular weight excluding hydrogens is 420 g/mol. The summed E-state index contributed by atoms with van der Waals surface area (Å²) in [5.41, 5.74) is 2.15. The molecule has 0 bridgehead atoms. The molecule has 1 saturated heterocycles. The molecule has 0 radical (unpaired) electrons. The summed E-state index contributed by atoms with van der Waals surface area (Å²) in [5, 5.41) is 14.0. The second-order valence-electron chi connectivity index (χ2n) is 7.77. The summed E-state index contributed by atoms with van der Waals surface area (Å²) in [6.45, 7) is 2.60. The quantitative estimate of drug-likeness (QED) is 0.462. The molecule has 3 aromatic rings. The summed E-state index contributed by atoms with van der Waals surface area (Å²) in [5.74, 6) is -0.567. The Bertz CT molecular complexity index is 1160. The number of carbonyl (C=O) groups excluding carboxylic acids is 2. The summed E-state index contributed by atoms with van der Waals surface area (Å²) in [6.07, 6.45) is -0.157. The van der Waals surface area contributed by atoms with Crippen LogP contribution >= 0.6 is 0 Å². The average Bonchev–Trinajstić information content (AvgIpc) is 2.85. The highest BCUT2D eigenvalue weighted by molar-refractivity contribution is 6.04. The number of nitrogens with zero attached hydrogens (tertiary/aromatic N) is 3. The fraction of sp³-hybridized carbons (Fsp3) is 0.200. The minimum Gasteiger partial charge on any atom is -0.368 e. The van der Waals surface area contributed by atoms with E-state index < -0.39 is 10.8 Å². The lowest BCUT2D eigenvalue weighted by Gasteiger charge is -2.36. The number of hydrogen-bond donors (Lipinski definition) is 1. The van der Waals surface area contributed by atoms with E-state index in [1.54, 1.807) is 47.4 Å². The van der Waals surface area contributed by atoms with Crippen LogP contribution in [-0.4, -0.2) is 47.8 Å². The third-order valence-corrected chi connectivity index (χ3v) is 5.66. The molecule has 1 heterocycles. The van der Waals surface area contributed by atoms with Crippen molar-refractivity contribution in [2.24, 2.45) is 0 Å². The van der Waals surface area contributed by atoms with Crippen molar-refractivity contribution in [3.8, 4) is 0 Å². The van der Waals surface area contributed by atoms with Crippen LogP contribution in [0.25, 0.3) is 0 Å². The van der Waals surface area contributed by atoms with Crippen LogP contribution in [0.2, 0.25) is 0 Å². The molecule has 1 N–H and O–H groups in total. The van der Waals surface area contributed by atoms with Crippen LogP contribution in [0.5, 0.6) is 0 Å². The first-order chi connectivity index (χ1) is 16.0. The lowest BCUT2D eigenvalue weighted by atomic mass is 10.1. The maximum Gasteiger partial charge on any atom is 0.273 e. The molecule has 0 aliphatic carbocycles. The van der Waals surface area contributed by atoms with E-state index in [9.17, 15) is 19.7 Å². The Labute approximate surface area is 191 Å². The van der Waals surface area contributed by atoms with Crippen molar-refractivity contribution in [2.75, 3.05) is 36.4 Å². The van der Waals surface area contributed by atoms with Gasteiger partial charge in [-0.3, -0.25) is 19.7 Å². The number of carbonyl (C=O) groups is 2. The van der Waals surface area contributed by atoms with E-state index in [0.29, 0.717) is 29.9 Å². The first-order valence-electron chi connectivity index (χ1n) is 10.7. The van der Waals surface area contributed by atoms with Gasteiger partial charge in [0.15, 0.2) is 0 Å². The Morgan fingerprint density at radius 3 is 2.21 bits per heavy atom. The summed E-state index contributed by atoms with van der Waals surface area (Å²) >= 11 is 0. The van der Waals surface area contributed by atoms with Gasteiger partial charge in [0.1, 0.15) is 0 Å². The summed E-state index contributed by atoms with van der Waals surface area (Å²) < 4.78 is 0. The summed E-state index contributed by atoms with van der Waals surface area (Å²) in [7, 11) is 0. The SMILES string of the molecule is O=C(Cc1ccccc1[N+](=O)[O-])Nc1ccccc1C(=O)N1CCN(c2ccccc2)CC1. The number of hydrogen-bond acceptors (Lipinski definition) is 5. The summed E-state index contributed by atoms with van der Waals surface area (Å²) in [4.78, 5) is 40.6. The van der Waals surface area contributed by atoms with Gasteiger partial charge in [0.2, 0.25) is 5.91 Å². The molecule has 4 rings (SSSR count). The van der Waals surface area contributed by atoms with Gasteiger partial charge in [-0.05, 0) is 24.3 Å². The molecule has 168 valence electrons. The van der Waals surface area contributed by atoms with Gasteiger partial charge in [-0.2, -0.15) is 0 Å². The second-order valence-corrected chi connectivity index (χ2v) is 7.77. The normalized spacial score (nSPS) is 13.5. The third kappa shape index (κ3) is 5.17. The molecule has 1 aliphatic rings. The molecule has 33 heavy (non-hydrogen) atoms. The predicted octanol–water partition coefficient (Wildman–Crippen LogP) is 3.74. The lowest BCUT2D eigenvalue weighted by molar-refractivity contribution is -0.385. The van der Waals surface area contributed by atoms with Gasteiger partial charge in [-0.15, -0.1) is 0 Å². The fourth-order valence-electron chi connectivity index (χ4n) is 3.96. The average molecular weight is 444 g/mol. The van der Waals surface area contributed by atoms with Gasteiger partial charge in [0, 0.05) is 43.5 Å². The van der Waals surface area contributed by atoms with Crippen LogP contribution < -0.4 is 10.2 Å². The maximum absolute atomic E-state index is 13.2. The number of nitro benzene ring substituents is 1. The highest BCUT2D eigenvalue weighted by Gasteiger charge is 2.24. The van der Waals surface area contributed by atoms with Crippen LogP contribution in [0, 0.1) is 10.1 Å². The third-order valence-electron chi connectivity index (χ3n) is 5.66. The van der Waals surface area contributed by atoms with E-state index in [0.717, 1.165) is 18.8 Å². The minimum atomic E-state index is -0.505. The van der Waals surface area contributed by atoms with E-state index in [-0.39, 0.29) is 18.0 Å². The lowest BCUT2D eigenvalue weighted by Crippen LogP contribution is -2.48. The number of anilines is 2. The molecule has 1 aliphatic heterocycles. The molecule has 2 amide bonds. The number of rotatable bonds is 6. The van der Waals surface area contributed by atoms with Crippen molar-refractivity contribution in [1.82, 2.24) is 4.90 Å². The standard InChI is InChI=1S/C25H24N4O4/c30-24(18-19-8-4-7-13-23(19)29(32)33)26-22-12-6-5-11-21(22)25(31)28-16-14-27(15-17-28)20-9-2-1-3-10-20/h1-13H,14-18H2,(H,26,30). The van der Waals surface area contributed by atoms with Crippen LogP contribution in [0.3, 0.4) is 0 Å². The Hall–Kier alpha value is -4.20. The fourth-order valence-corrected chi connectivity index (χ4v) is 3.96. The number of amides is 2. The molecule has 0 unspecified atom stereocenters. The van der Waals surface area contributed by atoms with E-state index in [1.807, 2.05) is 18.2 Å². The Kier molecular flexibility index (Phi) is 6.64. The molecular formula is C25H24N4O4. The van der Waals surface area contributed by atoms with Crippen molar-refractivity contribution in [1.29, 1.82) is 0 Å². The minimum absolute atomic E-state index is 0.103. The van der Waals surface area contributed by atoms with E-state index in [2.05, 4.69) is 22.3 Å². The van der Waals surface area contributed by atoms with Crippen molar-refractivity contribution in [3.05, 3.63) is 100 Å². The number of piperazine rings is 1. The molecule has 8 nitrogen and oxygen atoms in total. The van der Waals surface area contributed by atoms with E-state index >= 15 is 0 Å². The molecule has 3 aromatic carbocycles. The molecule has 0 atom stereocenters. The summed E-state index contributed by atoms with van der Waals surface area (Å²) in [6, 6.07) is 23.1. The Morgan fingerprint density at radius 2 is 1.48 bits per heavy atom. The van der Waals surface area contributed by atoms with Gasteiger partial charge in [-0.25, -0.2) is 0 Å². The van der Waals surface area contributed by atoms with Crippen molar-refractivity contribution < 1.29 is 14.5 Å². The van der Waals surface area contributed by atoms with Crippen molar-refractivity contribution in [2.45, 2.75) is 6.42 Å². The van der Waals surface area contributed by atoms with Gasteiger partial charge in [0.25, 0.3) is 11.6 Å². The first kappa shape index (κ1) is 22.0. The molecule has 8 heteroatoms. The predicted molar refractivity (Wildman–Crippen MR) is 126 cm³/mol. The Balaban J connectivity index is 1.43. The zero-order chi connectivity index (χ0) is 23.2. The first-order valence-corrected chi connectivity index (χ1v) is 10.7. The van der Waals surface area contributed by atoms with Gasteiger partial charge in [0.05, 0.1) is 22.6 Å². The zero-order valence-corrected chi connectivity index (χ0v) is 18.0. The highest BCUT2D eigenvalue weighted by Crippen LogP contribution is 2.22. The van der Waals surface area contributed by atoms with Crippen LogP contribution in [0.1, 0.15) is 15.9 Å².